The number of ether oxygens (including phenoxy) is 2. The van der Waals surface area contributed by atoms with Crippen molar-refractivity contribution >= 4 is 5.97 Å². The van der Waals surface area contributed by atoms with Crippen molar-refractivity contribution in [3.63, 3.8) is 0 Å². The van der Waals surface area contributed by atoms with Crippen molar-refractivity contribution in [3.8, 4) is 0 Å². The molecule has 0 aromatic carbocycles. The van der Waals surface area contributed by atoms with E-state index in [-0.39, 0.29) is 28.7 Å². The first-order valence-corrected chi connectivity index (χ1v) is 8.10. The van der Waals surface area contributed by atoms with Gasteiger partial charge in [-0.1, -0.05) is 20.8 Å². The average molecular weight is 280 g/mol. The number of hydrogen-bond acceptors (Lipinski definition) is 3. The van der Waals surface area contributed by atoms with Gasteiger partial charge in [0.05, 0.1) is 5.60 Å². The molecule has 1 spiro atoms. The Morgan fingerprint density at radius 3 is 2.55 bits per heavy atom. The van der Waals surface area contributed by atoms with Gasteiger partial charge in [0.2, 0.25) is 0 Å². The van der Waals surface area contributed by atoms with Crippen LogP contribution in [0.5, 0.6) is 0 Å². The van der Waals surface area contributed by atoms with Crippen LogP contribution in [0.3, 0.4) is 0 Å². The first-order valence-electron chi connectivity index (χ1n) is 8.10. The number of hydrogen-bond donors (Lipinski definition) is 0. The number of rotatable bonds is 2. The van der Waals surface area contributed by atoms with Crippen LogP contribution in [0, 0.1) is 17.3 Å². The lowest BCUT2D eigenvalue weighted by atomic mass is 9.66. The molecular weight excluding hydrogens is 252 g/mol. The molecule has 2 saturated heterocycles. The van der Waals surface area contributed by atoms with Crippen LogP contribution in [0.15, 0.2) is 0 Å². The molecule has 2 aliphatic heterocycles. The quantitative estimate of drug-likeness (QED) is 0.723. The maximum atomic E-state index is 11.4. The van der Waals surface area contributed by atoms with E-state index >= 15 is 0 Å². The molecule has 114 valence electrons. The SMILES string of the molecule is CC(=O)O[C@@H]1C[C@]2(C)CC[C@@H](C(C)C)[C@]23CC[C@@]1(C)O3. The zero-order valence-electron chi connectivity index (χ0n) is 13.5. The Kier molecular flexibility index (Phi) is 3.03. The highest BCUT2D eigenvalue weighted by atomic mass is 16.6. The highest BCUT2D eigenvalue weighted by Crippen LogP contribution is 2.67. The van der Waals surface area contributed by atoms with Crippen LogP contribution in [0.25, 0.3) is 0 Å². The van der Waals surface area contributed by atoms with Crippen molar-refractivity contribution in [1.29, 1.82) is 0 Å². The Morgan fingerprint density at radius 1 is 1.25 bits per heavy atom. The van der Waals surface area contributed by atoms with Crippen molar-refractivity contribution in [2.75, 3.05) is 0 Å². The molecular formula is C17H28O3. The molecule has 2 bridgehead atoms. The van der Waals surface area contributed by atoms with Crippen LogP contribution in [-0.4, -0.2) is 23.3 Å². The molecule has 5 atom stereocenters. The summed E-state index contributed by atoms with van der Waals surface area (Å²) in [6.07, 6.45) is 5.48. The van der Waals surface area contributed by atoms with Crippen molar-refractivity contribution < 1.29 is 14.3 Å². The van der Waals surface area contributed by atoms with E-state index in [1.165, 1.54) is 19.8 Å². The summed E-state index contributed by atoms with van der Waals surface area (Å²) in [6.45, 7) is 10.7. The summed E-state index contributed by atoms with van der Waals surface area (Å²) in [6, 6.07) is 0. The second-order valence-electron chi connectivity index (χ2n) is 8.06. The minimum Gasteiger partial charge on any atom is -0.459 e. The maximum absolute atomic E-state index is 11.4. The molecule has 2 heterocycles. The summed E-state index contributed by atoms with van der Waals surface area (Å²) in [5.41, 5.74) is -0.0900. The molecule has 1 saturated carbocycles. The molecule has 20 heavy (non-hydrogen) atoms. The van der Waals surface area contributed by atoms with Crippen LogP contribution in [-0.2, 0) is 14.3 Å². The minimum absolute atomic E-state index is 0.0204. The molecule has 3 rings (SSSR count). The Labute approximate surface area is 122 Å². The topological polar surface area (TPSA) is 35.5 Å². The van der Waals surface area contributed by atoms with Crippen LogP contribution in [0.4, 0.5) is 0 Å². The smallest absolute Gasteiger partial charge is 0.303 e. The fourth-order valence-corrected chi connectivity index (χ4v) is 5.37. The third-order valence-electron chi connectivity index (χ3n) is 6.47. The lowest BCUT2D eigenvalue weighted by Crippen LogP contribution is -2.59. The second-order valence-corrected chi connectivity index (χ2v) is 8.06. The normalized spacial score (nSPS) is 50.3. The second kappa shape index (κ2) is 4.22. The molecule has 0 aromatic rings. The highest BCUT2D eigenvalue weighted by molar-refractivity contribution is 5.66. The summed E-state index contributed by atoms with van der Waals surface area (Å²) in [4.78, 5) is 11.4. The predicted molar refractivity (Wildman–Crippen MR) is 77.3 cm³/mol. The molecule has 0 aromatic heterocycles. The lowest BCUT2D eigenvalue weighted by molar-refractivity contribution is -0.252. The minimum atomic E-state index is -0.275. The largest absolute Gasteiger partial charge is 0.459 e. The van der Waals surface area contributed by atoms with E-state index in [0.29, 0.717) is 11.8 Å². The van der Waals surface area contributed by atoms with E-state index < -0.39 is 0 Å². The standard InChI is InChI=1S/C17H28O3/c1-11(2)13-6-7-15(4)10-14(19-12(3)18)16(5)8-9-17(13,15)20-16/h11,13-14H,6-10H2,1-5H3/t13-,14+,15-,16+,17+/m0/s1. The Morgan fingerprint density at radius 2 is 1.95 bits per heavy atom. The van der Waals surface area contributed by atoms with Gasteiger partial charge in [-0.05, 0) is 50.9 Å². The van der Waals surface area contributed by atoms with Crippen molar-refractivity contribution in [1.82, 2.24) is 0 Å². The van der Waals surface area contributed by atoms with Gasteiger partial charge in [-0.15, -0.1) is 0 Å². The van der Waals surface area contributed by atoms with Gasteiger partial charge in [0.15, 0.2) is 0 Å². The summed E-state index contributed by atoms with van der Waals surface area (Å²) >= 11 is 0. The zero-order chi connectivity index (χ0) is 14.8. The monoisotopic (exact) mass is 280 g/mol. The summed E-state index contributed by atoms with van der Waals surface area (Å²) < 4.78 is 12.3. The Hall–Kier alpha value is -0.570. The molecule has 3 nitrogen and oxygen atoms in total. The molecule has 3 fully saturated rings. The lowest BCUT2D eigenvalue weighted by Gasteiger charge is -2.53. The van der Waals surface area contributed by atoms with Crippen LogP contribution in [0.2, 0.25) is 0 Å². The molecule has 1 aliphatic carbocycles. The zero-order valence-corrected chi connectivity index (χ0v) is 13.5. The van der Waals surface area contributed by atoms with Gasteiger partial charge in [-0.2, -0.15) is 0 Å². The fraction of sp³-hybridized carbons (Fsp3) is 0.941. The van der Waals surface area contributed by atoms with E-state index in [1.807, 2.05) is 0 Å². The van der Waals surface area contributed by atoms with Gasteiger partial charge in [0.1, 0.15) is 11.7 Å². The molecule has 0 amide bonds. The average Bonchev–Trinajstić information content (AvgIpc) is 2.78. The summed E-state index contributed by atoms with van der Waals surface area (Å²) in [5.74, 6) is 1.12. The van der Waals surface area contributed by atoms with E-state index in [1.54, 1.807) is 0 Å². The fourth-order valence-electron chi connectivity index (χ4n) is 5.37. The number of esters is 1. The van der Waals surface area contributed by atoms with E-state index in [0.717, 1.165) is 19.3 Å². The molecule has 0 radical (unpaired) electrons. The van der Waals surface area contributed by atoms with Gasteiger partial charge < -0.3 is 9.47 Å². The van der Waals surface area contributed by atoms with Gasteiger partial charge in [-0.3, -0.25) is 4.79 Å². The Bertz CT molecular complexity index is 432. The van der Waals surface area contributed by atoms with Crippen molar-refractivity contribution in [3.05, 3.63) is 0 Å². The van der Waals surface area contributed by atoms with E-state index in [4.69, 9.17) is 9.47 Å². The Balaban J connectivity index is 1.96. The van der Waals surface area contributed by atoms with Gasteiger partial charge in [-0.25, -0.2) is 0 Å². The van der Waals surface area contributed by atoms with E-state index in [9.17, 15) is 4.79 Å². The van der Waals surface area contributed by atoms with Gasteiger partial charge in [0, 0.05) is 12.3 Å². The molecule has 3 heteroatoms. The highest BCUT2D eigenvalue weighted by Gasteiger charge is 2.70. The molecule has 3 aliphatic rings. The van der Waals surface area contributed by atoms with Crippen molar-refractivity contribution in [2.24, 2.45) is 17.3 Å². The molecule has 0 N–H and O–H groups in total. The van der Waals surface area contributed by atoms with E-state index in [2.05, 4.69) is 27.7 Å². The number of carbonyl (C=O) groups is 1. The van der Waals surface area contributed by atoms with Crippen LogP contribution in [0.1, 0.15) is 66.7 Å². The van der Waals surface area contributed by atoms with Crippen LogP contribution >= 0.6 is 0 Å². The van der Waals surface area contributed by atoms with Crippen LogP contribution < -0.4 is 0 Å². The maximum Gasteiger partial charge on any atom is 0.303 e. The van der Waals surface area contributed by atoms with Gasteiger partial charge >= 0.3 is 5.97 Å². The predicted octanol–water partition coefficient (Wildman–Crippen LogP) is 3.70. The third kappa shape index (κ3) is 1.71. The van der Waals surface area contributed by atoms with Crippen molar-refractivity contribution in [2.45, 2.75) is 84.0 Å². The first kappa shape index (κ1) is 14.4. The summed E-state index contributed by atoms with van der Waals surface area (Å²) in [5, 5.41) is 0. The van der Waals surface area contributed by atoms with Gasteiger partial charge in [0.25, 0.3) is 0 Å². The molecule has 0 unspecified atom stereocenters. The third-order valence-corrected chi connectivity index (χ3v) is 6.47. The first-order chi connectivity index (χ1) is 9.22. The summed E-state index contributed by atoms with van der Waals surface area (Å²) in [7, 11) is 0. The number of fused-ring (bicyclic) bond motifs is 1. The number of carbonyl (C=O) groups excluding carboxylic acids is 1.